The van der Waals surface area contributed by atoms with Crippen LogP contribution in [0.2, 0.25) is 0 Å². The molecular weight excluding hydrogens is 344 g/mol. The Balaban J connectivity index is 1.49. The molecule has 2 aromatic carbocycles. The van der Waals surface area contributed by atoms with Gasteiger partial charge in [-0.05, 0) is 11.1 Å². The number of nitrogens with one attached hydrogen (secondary N) is 1. The second-order valence-corrected chi connectivity index (χ2v) is 6.84. The third-order valence-corrected chi connectivity index (χ3v) is 5.07. The first-order valence-electron chi connectivity index (χ1n) is 9.20. The molecule has 6 heteroatoms. The minimum absolute atomic E-state index is 0.0443. The lowest BCUT2D eigenvalue weighted by Crippen LogP contribution is -2.66. The molecule has 2 saturated heterocycles. The summed E-state index contributed by atoms with van der Waals surface area (Å²) < 4.78 is 17.4. The van der Waals surface area contributed by atoms with Crippen molar-refractivity contribution < 1.29 is 19.0 Å². The number of methoxy groups -OCH3 is 1. The summed E-state index contributed by atoms with van der Waals surface area (Å²) >= 11 is 0. The van der Waals surface area contributed by atoms with Crippen molar-refractivity contribution in [1.29, 1.82) is 0 Å². The summed E-state index contributed by atoms with van der Waals surface area (Å²) in [5, 5.41) is 3.54. The van der Waals surface area contributed by atoms with Crippen molar-refractivity contribution in [2.75, 3.05) is 20.2 Å². The number of ether oxygens (including phenoxy) is 3. The zero-order valence-electron chi connectivity index (χ0n) is 15.3. The molecule has 2 heterocycles. The zero-order valence-corrected chi connectivity index (χ0v) is 15.3. The van der Waals surface area contributed by atoms with Crippen molar-refractivity contribution in [1.82, 2.24) is 10.2 Å². The van der Waals surface area contributed by atoms with Gasteiger partial charge in [0, 0.05) is 13.7 Å². The van der Waals surface area contributed by atoms with Crippen LogP contribution in [0.25, 0.3) is 0 Å². The van der Waals surface area contributed by atoms with Crippen molar-refractivity contribution in [3.63, 3.8) is 0 Å². The maximum absolute atomic E-state index is 12.8. The Hall–Kier alpha value is -2.41. The molecule has 142 valence electrons. The van der Waals surface area contributed by atoms with E-state index in [0.717, 1.165) is 11.1 Å². The molecule has 2 aliphatic rings. The van der Waals surface area contributed by atoms with Crippen LogP contribution in [-0.2, 0) is 20.8 Å². The molecule has 2 fully saturated rings. The predicted octanol–water partition coefficient (Wildman–Crippen LogP) is 2.71. The molecule has 4 rings (SSSR count). The van der Waals surface area contributed by atoms with Crippen molar-refractivity contribution in [3.8, 4) is 0 Å². The number of carbonyl (C=O) groups excluding carboxylic acids is 1. The van der Waals surface area contributed by atoms with Gasteiger partial charge in [0.15, 0.2) is 6.23 Å². The van der Waals surface area contributed by atoms with E-state index in [9.17, 15) is 4.79 Å². The Morgan fingerprint density at radius 3 is 2.56 bits per heavy atom. The number of hydrogen-bond donors (Lipinski definition) is 1. The highest BCUT2D eigenvalue weighted by molar-refractivity contribution is 5.68. The van der Waals surface area contributed by atoms with Gasteiger partial charge in [0.25, 0.3) is 0 Å². The standard InChI is InChI=1S/C21H24N2O4/c1-25-20-19-18(16-10-6-3-7-11-16)22-12-17(27-19)13-23(20)21(24)26-14-15-8-4-2-5-9-15/h2-11,17-20,22H,12-14H2,1H3/t17?,18-,19?,20-/m1/s1. The van der Waals surface area contributed by atoms with Crippen LogP contribution in [-0.4, -0.2) is 49.6 Å². The van der Waals surface area contributed by atoms with Crippen LogP contribution in [0, 0.1) is 0 Å². The third-order valence-electron chi connectivity index (χ3n) is 5.07. The van der Waals surface area contributed by atoms with Gasteiger partial charge in [-0.2, -0.15) is 0 Å². The predicted molar refractivity (Wildman–Crippen MR) is 100.0 cm³/mol. The van der Waals surface area contributed by atoms with E-state index >= 15 is 0 Å². The summed E-state index contributed by atoms with van der Waals surface area (Å²) in [5.74, 6) is 0. The first-order valence-corrected chi connectivity index (χ1v) is 9.20. The van der Waals surface area contributed by atoms with Gasteiger partial charge in [-0.25, -0.2) is 4.79 Å². The lowest BCUT2D eigenvalue weighted by atomic mass is 9.95. The van der Waals surface area contributed by atoms with Crippen molar-refractivity contribution >= 4 is 6.09 Å². The molecule has 2 aliphatic heterocycles. The molecule has 2 unspecified atom stereocenters. The average Bonchev–Trinajstić information content (AvgIpc) is 2.73. The summed E-state index contributed by atoms with van der Waals surface area (Å²) in [6.45, 7) is 1.36. The molecule has 0 spiro atoms. The molecule has 4 atom stereocenters. The molecule has 0 saturated carbocycles. The van der Waals surface area contributed by atoms with Gasteiger partial charge >= 0.3 is 6.09 Å². The summed E-state index contributed by atoms with van der Waals surface area (Å²) in [6.07, 6.45) is -1.26. The zero-order chi connectivity index (χ0) is 18.6. The van der Waals surface area contributed by atoms with Gasteiger partial charge in [-0.15, -0.1) is 0 Å². The van der Waals surface area contributed by atoms with Crippen molar-refractivity contribution in [2.45, 2.75) is 31.1 Å². The lowest BCUT2D eigenvalue weighted by molar-refractivity contribution is -0.214. The van der Waals surface area contributed by atoms with Crippen LogP contribution in [0.15, 0.2) is 60.7 Å². The Kier molecular flexibility index (Phi) is 5.38. The second-order valence-electron chi connectivity index (χ2n) is 6.84. The van der Waals surface area contributed by atoms with Crippen LogP contribution in [0.3, 0.4) is 0 Å². The first-order chi connectivity index (χ1) is 13.3. The number of nitrogens with zero attached hydrogens (tertiary/aromatic N) is 1. The van der Waals surface area contributed by atoms with Gasteiger partial charge in [-0.1, -0.05) is 60.7 Å². The number of benzene rings is 2. The molecule has 0 radical (unpaired) electrons. The molecule has 2 aromatic rings. The molecule has 0 aliphatic carbocycles. The molecule has 6 nitrogen and oxygen atoms in total. The summed E-state index contributed by atoms with van der Waals surface area (Å²) in [5.41, 5.74) is 2.07. The monoisotopic (exact) mass is 368 g/mol. The Morgan fingerprint density at radius 1 is 1.15 bits per heavy atom. The maximum atomic E-state index is 12.8. The minimum atomic E-state index is -0.512. The highest BCUT2D eigenvalue weighted by atomic mass is 16.6. The summed E-state index contributed by atoms with van der Waals surface area (Å²) in [4.78, 5) is 14.4. The largest absolute Gasteiger partial charge is 0.444 e. The van der Waals surface area contributed by atoms with Gasteiger partial charge in [0.05, 0.1) is 18.7 Å². The number of amides is 1. The summed E-state index contributed by atoms with van der Waals surface area (Å²) in [7, 11) is 1.60. The fraction of sp³-hybridized carbons (Fsp3) is 0.381. The van der Waals surface area contributed by atoms with Gasteiger partial charge in [0.2, 0.25) is 0 Å². The lowest BCUT2D eigenvalue weighted by Gasteiger charge is -2.49. The van der Waals surface area contributed by atoms with Crippen LogP contribution < -0.4 is 5.32 Å². The topological polar surface area (TPSA) is 60.0 Å². The molecule has 1 N–H and O–H groups in total. The molecule has 1 amide bonds. The van der Waals surface area contributed by atoms with Crippen molar-refractivity contribution in [3.05, 3.63) is 71.8 Å². The van der Waals surface area contributed by atoms with E-state index in [1.807, 2.05) is 48.5 Å². The third kappa shape index (κ3) is 3.83. The number of morpholine rings is 2. The van der Waals surface area contributed by atoms with E-state index in [4.69, 9.17) is 14.2 Å². The fourth-order valence-electron chi connectivity index (χ4n) is 3.77. The van der Waals surface area contributed by atoms with Gasteiger partial charge in [-0.3, -0.25) is 4.90 Å². The van der Waals surface area contributed by atoms with Crippen LogP contribution in [0.4, 0.5) is 4.79 Å². The van der Waals surface area contributed by atoms with Gasteiger partial charge < -0.3 is 19.5 Å². The van der Waals surface area contributed by atoms with E-state index < -0.39 is 6.23 Å². The van der Waals surface area contributed by atoms with Crippen molar-refractivity contribution in [2.24, 2.45) is 0 Å². The fourth-order valence-corrected chi connectivity index (χ4v) is 3.77. The van der Waals surface area contributed by atoms with Gasteiger partial charge in [0.1, 0.15) is 12.7 Å². The van der Waals surface area contributed by atoms with E-state index in [2.05, 4.69) is 17.4 Å². The quantitative estimate of drug-likeness (QED) is 0.899. The maximum Gasteiger partial charge on any atom is 0.412 e. The number of rotatable bonds is 4. The molecular formula is C21H24N2O4. The average molecular weight is 368 g/mol. The smallest absolute Gasteiger partial charge is 0.412 e. The second kappa shape index (κ2) is 8.08. The van der Waals surface area contributed by atoms with E-state index in [0.29, 0.717) is 13.1 Å². The summed E-state index contributed by atoms with van der Waals surface area (Å²) in [6, 6.07) is 19.7. The highest BCUT2D eigenvalue weighted by Gasteiger charge is 2.47. The highest BCUT2D eigenvalue weighted by Crippen LogP contribution is 2.33. The molecule has 0 aromatic heterocycles. The SMILES string of the molecule is CO[C@@H]1C2OC(CN[C@@H]2c2ccccc2)CN1C(=O)OCc1ccccc1. The number of hydrogen-bond acceptors (Lipinski definition) is 5. The van der Waals surface area contributed by atoms with E-state index in [1.54, 1.807) is 12.0 Å². The van der Waals surface area contributed by atoms with E-state index in [-0.39, 0.29) is 30.9 Å². The normalized spacial score (nSPS) is 27.2. The Bertz CT molecular complexity index is 755. The number of fused-ring (bicyclic) bond motifs is 2. The molecule has 27 heavy (non-hydrogen) atoms. The van der Waals surface area contributed by atoms with Crippen LogP contribution >= 0.6 is 0 Å². The minimum Gasteiger partial charge on any atom is -0.444 e. The van der Waals surface area contributed by atoms with E-state index in [1.165, 1.54) is 0 Å². The Labute approximate surface area is 159 Å². The number of carbonyl (C=O) groups is 1. The first kappa shape index (κ1) is 18.0. The van der Waals surface area contributed by atoms with Crippen LogP contribution in [0.5, 0.6) is 0 Å². The Morgan fingerprint density at radius 2 is 1.85 bits per heavy atom. The van der Waals surface area contributed by atoms with Crippen LogP contribution in [0.1, 0.15) is 17.2 Å². The molecule has 2 bridgehead atoms.